The number of carbonyl (C=O) groups is 1. The Morgan fingerprint density at radius 3 is 2.44 bits per heavy atom. The molecule has 9 heteroatoms. The van der Waals surface area contributed by atoms with Crippen molar-refractivity contribution in [2.75, 3.05) is 67.4 Å². The average Bonchev–Trinajstić information content (AvgIpc) is 2.97. The van der Waals surface area contributed by atoms with Crippen LogP contribution >= 0.6 is 0 Å². The number of para-hydroxylation sites is 1. The molecular weight excluding hydrogens is 454 g/mol. The summed E-state index contributed by atoms with van der Waals surface area (Å²) in [6.07, 6.45) is 1.71. The molecule has 3 aromatic rings. The molecule has 36 heavy (non-hydrogen) atoms. The van der Waals surface area contributed by atoms with Gasteiger partial charge in [0.2, 0.25) is 5.95 Å². The van der Waals surface area contributed by atoms with E-state index < -0.39 is 0 Å². The summed E-state index contributed by atoms with van der Waals surface area (Å²) in [6.45, 7) is 8.16. The van der Waals surface area contributed by atoms with E-state index in [9.17, 15) is 4.79 Å². The van der Waals surface area contributed by atoms with E-state index in [1.807, 2.05) is 36.4 Å². The molecule has 0 atom stereocenters. The molecule has 0 aliphatic carbocycles. The van der Waals surface area contributed by atoms with Gasteiger partial charge in [-0.2, -0.15) is 4.98 Å². The molecule has 1 fully saturated rings. The highest BCUT2D eigenvalue weighted by molar-refractivity contribution is 6.13. The number of ether oxygens (including phenoxy) is 1. The number of benzene rings is 2. The van der Waals surface area contributed by atoms with Crippen LogP contribution in [-0.2, 0) is 0 Å². The zero-order valence-electron chi connectivity index (χ0n) is 21.5. The van der Waals surface area contributed by atoms with Crippen molar-refractivity contribution in [2.24, 2.45) is 0 Å². The maximum Gasteiger partial charge on any atom is 0.260 e. The summed E-state index contributed by atoms with van der Waals surface area (Å²) in [4.78, 5) is 31.0. The molecule has 2 aliphatic rings. The largest absolute Gasteiger partial charge is 0.495 e. The van der Waals surface area contributed by atoms with E-state index in [2.05, 4.69) is 52.0 Å². The minimum Gasteiger partial charge on any atom is -0.495 e. The van der Waals surface area contributed by atoms with Gasteiger partial charge >= 0.3 is 0 Å². The fourth-order valence-corrected chi connectivity index (χ4v) is 4.83. The molecule has 0 saturated carbocycles. The van der Waals surface area contributed by atoms with E-state index in [4.69, 9.17) is 9.72 Å². The standard InChI is InChI=1S/C27H33N7O2/c1-18(2)34-21-9-7-6-8-20(21)26(35)32(4)23-17-28-27(30-25(23)34)29-19-10-11-22(24(16-19)36-5)33-14-12-31(3)13-15-33/h6-11,16-18H,12-15H2,1-5H3,(H,28,29,30). The maximum atomic E-state index is 13.2. The molecule has 0 radical (unpaired) electrons. The fourth-order valence-electron chi connectivity index (χ4n) is 4.83. The third-order valence-corrected chi connectivity index (χ3v) is 6.83. The van der Waals surface area contributed by atoms with Crippen molar-refractivity contribution in [3.63, 3.8) is 0 Å². The number of likely N-dealkylation sites (N-methyl/N-ethyl adjacent to an activating group) is 1. The fraction of sp³-hybridized carbons (Fsp3) is 0.370. The Bertz CT molecular complexity index is 1270. The topological polar surface area (TPSA) is 77.1 Å². The van der Waals surface area contributed by atoms with Crippen molar-refractivity contribution in [1.82, 2.24) is 14.9 Å². The van der Waals surface area contributed by atoms with E-state index in [1.165, 1.54) is 0 Å². The molecule has 5 rings (SSSR count). The van der Waals surface area contributed by atoms with Gasteiger partial charge in [-0.25, -0.2) is 4.98 Å². The van der Waals surface area contributed by atoms with Gasteiger partial charge in [0, 0.05) is 51.0 Å². The molecule has 1 aromatic heterocycles. The van der Waals surface area contributed by atoms with Crippen LogP contribution in [0.15, 0.2) is 48.7 Å². The number of nitrogens with one attached hydrogen (secondary N) is 1. The Balaban J connectivity index is 1.48. The number of methoxy groups -OCH3 is 1. The van der Waals surface area contributed by atoms with Gasteiger partial charge in [-0.05, 0) is 45.2 Å². The Hall–Kier alpha value is -3.85. The second-order valence-electron chi connectivity index (χ2n) is 9.55. The molecule has 2 aliphatic heterocycles. The second kappa shape index (κ2) is 9.66. The van der Waals surface area contributed by atoms with Crippen LogP contribution in [0.4, 0.5) is 34.5 Å². The van der Waals surface area contributed by atoms with Crippen LogP contribution in [0.1, 0.15) is 24.2 Å². The zero-order valence-corrected chi connectivity index (χ0v) is 21.5. The van der Waals surface area contributed by atoms with Gasteiger partial charge in [-0.1, -0.05) is 12.1 Å². The van der Waals surface area contributed by atoms with Crippen LogP contribution in [0.25, 0.3) is 0 Å². The van der Waals surface area contributed by atoms with Crippen molar-refractivity contribution < 1.29 is 9.53 Å². The minimum absolute atomic E-state index is 0.0786. The Kier molecular flexibility index (Phi) is 6.40. The zero-order chi connectivity index (χ0) is 25.4. The van der Waals surface area contributed by atoms with Crippen LogP contribution in [-0.4, -0.2) is 74.2 Å². The van der Waals surface area contributed by atoms with Gasteiger partial charge in [0.05, 0.1) is 30.2 Å². The van der Waals surface area contributed by atoms with Gasteiger partial charge in [0.25, 0.3) is 5.91 Å². The lowest BCUT2D eigenvalue weighted by Crippen LogP contribution is -2.44. The molecule has 1 saturated heterocycles. The first-order valence-electron chi connectivity index (χ1n) is 12.3. The van der Waals surface area contributed by atoms with Crippen molar-refractivity contribution in [3.8, 4) is 5.75 Å². The number of amides is 1. The van der Waals surface area contributed by atoms with Crippen LogP contribution in [0.3, 0.4) is 0 Å². The highest BCUT2D eigenvalue weighted by Crippen LogP contribution is 2.40. The van der Waals surface area contributed by atoms with E-state index >= 15 is 0 Å². The summed E-state index contributed by atoms with van der Waals surface area (Å²) in [5.41, 5.74) is 4.07. The van der Waals surface area contributed by atoms with Gasteiger partial charge in [0.1, 0.15) is 11.4 Å². The number of piperazine rings is 1. The Labute approximate surface area is 212 Å². The number of hydrogen-bond acceptors (Lipinski definition) is 8. The SMILES string of the molecule is COc1cc(Nc2ncc3c(n2)N(C(C)C)c2ccccc2C(=O)N3C)ccc1N1CCN(C)CC1. The highest BCUT2D eigenvalue weighted by Gasteiger charge is 2.32. The van der Waals surface area contributed by atoms with Gasteiger partial charge in [0.15, 0.2) is 5.82 Å². The van der Waals surface area contributed by atoms with E-state index in [0.717, 1.165) is 49.0 Å². The molecule has 1 N–H and O–H groups in total. The molecular formula is C27H33N7O2. The molecule has 0 bridgehead atoms. The summed E-state index contributed by atoms with van der Waals surface area (Å²) in [6, 6.07) is 13.8. The summed E-state index contributed by atoms with van der Waals surface area (Å²) >= 11 is 0. The lowest BCUT2D eigenvalue weighted by atomic mass is 10.1. The van der Waals surface area contributed by atoms with Gasteiger partial charge in [-0.15, -0.1) is 0 Å². The van der Waals surface area contributed by atoms with Crippen LogP contribution in [0.5, 0.6) is 5.75 Å². The molecule has 0 spiro atoms. The van der Waals surface area contributed by atoms with Crippen molar-refractivity contribution >= 4 is 40.4 Å². The molecule has 3 heterocycles. The number of anilines is 6. The smallest absolute Gasteiger partial charge is 0.260 e. The number of hydrogen-bond donors (Lipinski definition) is 1. The number of fused-ring (bicyclic) bond motifs is 2. The highest BCUT2D eigenvalue weighted by atomic mass is 16.5. The van der Waals surface area contributed by atoms with E-state index in [-0.39, 0.29) is 11.9 Å². The Morgan fingerprint density at radius 2 is 1.72 bits per heavy atom. The summed E-state index contributed by atoms with van der Waals surface area (Å²) in [5, 5.41) is 3.34. The average molecular weight is 488 g/mol. The summed E-state index contributed by atoms with van der Waals surface area (Å²) in [7, 11) is 5.61. The molecule has 188 valence electrons. The third-order valence-electron chi connectivity index (χ3n) is 6.83. The van der Waals surface area contributed by atoms with Crippen molar-refractivity contribution in [3.05, 3.63) is 54.2 Å². The molecule has 1 amide bonds. The van der Waals surface area contributed by atoms with Crippen LogP contribution < -0.4 is 24.8 Å². The monoisotopic (exact) mass is 487 g/mol. The number of nitrogens with zero attached hydrogens (tertiary/aromatic N) is 6. The second-order valence-corrected chi connectivity index (χ2v) is 9.55. The first-order chi connectivity index (χ1) is 17.4. The Morgan fingerprint density at radius 1 is 0.972 bits per heavy atom. The molecule has 9 nitrogen and oxygen atoms in total. The van der Waals surface area contributed by atoms with Crippen LogP contribution in [0, 0.1) is 0 Å². The van der Waals surface area contributed by atoms with Gasteiger partial charge in [-0.3, -0.25) is 4.79 Å². The quantitative estimate of drug-likeness (QED) is 0.576. The minimum atomic E-state index is -0.0801. The lowest BCUT2D eigenvalue weighted by molar-refractivity contribution is 0.0994. The molecule has 2 aromatic carbocycles. The maximum absolute atomic E-state index is 13.2. The van der Waals surface area contributed by atoms with Crippen LogP contribution in [0.2, 0.25) is 0 Å². The first-order valence-corrected chi connectivity index (χ1v) is 12.3. The third kappa shape index (κ3) is 4.30. The number of aromatic nitrogens is 2. The normalized spacial score (nSPS) is 16.1. The number of rotatable bonds is 5. The van der Waals surface area contributed by atoms with Gasteiger partial charge < -0.3 is 29.7 Å². The van der Waals surface area contributed by atoms with E-state index in [1.54, 1.807) is 25.3 Å². The van der Waals surface area contributed by atoms with Crippen molar-refractivity contribution in [1.29, 1.82) is 0 Å². The summed E-state index contributed by atoms with van der Waals surface area (Å²) < 4.78 is 5.74. The first kappa shape index (κ1) is 23.9. The molecule has 0 unspecified atom stereocenters. The summed E-state index contributed by atoms with van der Waals surface area (Å²) in [5.74, 6) is 1.87. The predicted octanol–water partition coefficient (Wildman–Crippen LogP) is 4.12. The lowest BCUT2D eigenvalue weighted by Gasteiger charge is -2.34. The van der Waals surface area contributed by atoms with Crippen molar-refractivity contribution in [2.45, 2.75) is 19.9 Å². The predicted molar refractivity (Wildman–Crippen MR) is 144 cm³/mol. The van der Waals surface area contributed by atoms with E-state index in [0.29, 0.717) is 23.0 Å². The number of carbonyl (C=O) groups excluding carboxylic acids is 1.